The third kappa shape index (κ3) is 3.66. The van der Waals surface area contributed by atoms with Gasteiger partial charge in [-0.2, -0.15) is 0 Å². The second-order valence-corrected chi connectivity index (χ2v) is 6.52. The third-order valence-electron chi connectivity index (χ3n) is 2.91. The molecule has 1 aromatic heterocycles. The highest BCUT2D eigenvalue weighted by Crippen LogP contribution is 2.29. The zero-order chi connectivity index (χ0) is 12.4. The molecule has 0 atom stereocenters. The minimum absolute atomic E-state index is 0.0800. The highest BCUT2D eigenvalue weighted by atomic mass is 16.5. The van der Waals surface area contributed by atoms with Crippen LogP contribution < -0.4 is 0 Å². The molecule has 0 saturated heterocycles. The quantitative estimate of drug-likeness (QED) is 0.759. The van der Waals surface area contributed by atoms with Crippen LogP contribution in [0.15, 0.2) is 10.6 Å². The van der Waals surface area contributed by atoms with Gasteiger partial charge in [-0.1, -0.05) is 53.1 Å². The Morgan fingerprint density at radius 1 is 1.19 bits per heavy atom. The summed E-state index contributed by atoms with van der Waals surface area (Å²) in [4.78, 5) is 0. The van der Waals surface area contributed by atoms with Crippen LogP contribution in [0.25, 0.3) is 0 Å². The number of nitrogens with zero attached hydrogens (tertiary/aromatic N) is 1. The minimum atomic E-state index is 0.0800. The smallest absolute Gasteiger partial charge is 0.137 e. The van der Waals surface area contributed by atoms with Gasteiger partial charge in [-0.25, -0.2) is 0 Å². The molecule has 1 aromatic rings. The largest absolute Gasteiger partial charge is 0.361 e. The number of rotatable bonds is 4. The summed E-state index contributed by atoms with van der Waals surface area (Å²) in [7, 11) is 0. The van der Waals surface area contributed by atoms with E-state index in [0.29, 0.717) is 5.41 Å². The van der Waals surface area contributed by atoms with Crippen molar-refractivity contribution in [3.05, 3.63) is 17.5 Å². The fourth-order valence-corrected chi connectivity index (χ4v) is 1.99. The van der Waals surface area contributed by atoms with Gasteiger partial charge in [0.1, 0.15) is 5.76 Å². The summed E-state index contributed by atoms with van der Waals surface area (Å²) in [6.45, 7) is 13.3. The highest BCUT2D eigenvalue weighted by molar-refractivity contribution is 5.14. The van der Waals surface area contributed by atoms with Gasteiger partial charge in [0.15, 0.2) is 0 Å². The van der Waals surface area contributed by atoms with Crippen molar-refractivity contribution in [1.29, 1.82) is 0 Å². The lowest BCUT2D eigenvalue weighted by atomic mass is 9.83. The Balaban J connectivity index is 2.73. The zero-order valence-electron chi connectivity index (χ0n) is 11.6. The van der Waals surface area contributed by atoms with Crippen molar-refractivity contribution in [1.82, 2.24) is 5.16 Å². The van der Waals surface area contributed by atoms with E-state index in [1.807, 2.05) is 0 Å². The van der Waals surface area contributed by atoms with Gasteiger partial charge in [0, 0.05) is 17.9 Å². The first-order valence-electron chi connectivity index (χ1n) is 6.21. The molecule has 0 aliphatic carbocycles. The Bertz CT molecular complexity index is 331. The van der Waals surface area contributed by atoms with E-state index in [-0.39, 0.29) is 5.41 Å². The molecule has 0 saturated carbocycles. The van der Waals surface area contributed by atoms with E-state index in [9.17, 15) is 0 Å². The monoisotopic (exact) mass is 223 g/mol. The maximum absolute atomic E-state index is 5.42. The van der Waals surface area contributed by atoms with Crippen molar-refractivity contribution in [2.75, 3.05) is 0 Å². The van der Waals surface area contributed by atoms with E-state index < -0.39 is 0 Å². The summed E-state index contributed by atoms with van der Waals surface area (Å²) >= 11 is 0. The second kappa shape index (κ2) is 4.60. The standard InChI is InChI=1S/C14H25NO/c1-7-8-14(5,6)10-11-9-12(15-16-11)13(2,3)4/h9H,7-8,10H2,1-6H3. The van der Waals surface area contributed by atoms with Crippen LogP contribution in [0.2, 0.25) is 0 Å². The summed E-state index contributed by atoms with van der Waals surface area (Å²) < 4.78 is 5.42. The Morgan fingerprint density at radius 3 is 2.25 bits per heavy atom. The maximum atomic E-state index is 5.42. The molecule has 0 aromatic carbocycles. The first kappa shape index (κ1) is 13.3. The lowest BCUT2D eigenvalue weighted by molar-refractivity contribution is 0.277. The summed E-state index contributed by atoms with van der Waals surface area (Å²) in [5.41, 5.74) is 1.44. The summed E-state index contributed by atoms with van der Waals surface area (Å²) in [6, 6.07) is 2.11. The summed E-state index contributed by atoms with van der Waals surface area (Å²) in [5.74, 6) is 1.02. The Hall–Kier alpha value is -0.790. The molecule has 16 heavy (non-hydrogen) atoms. The SMILES string of the molecule is CCCC(C)(C)Cc1cc(C(C)(C)C)no1. The van der Waals surface area contributed by atoms with Crippen molar-refractivity contribution in [3.8, 4) is 0 Å². The molecule has 0 N–H and O–H groups in total. The minimum Gasteiger partial charge on any atom is -0.361 e. The van der Waals surface area contributed by atoms with Gasteiger partial charge in [-0.15, -0.1) is 0 Å². The van der Waals surface area contributed by atoms with E-state index in [1.54, 1.807) is 0 Å². The van der Waals surface area contributed by atoms with Gasteiger partial charge in [0.25, 0.3) is 0 Å². The molecule has 0 bridgehead atoms. The number of hydrogen-bond donors (Lipinski definition) is 0. The van der Waals surface area contributed by atoms with Crippen molar-refractivity contribution < 1.29 is 4.52 Å². The average molecular weight is 223 g/mol. The van der Waals surface area contributed by atoms with E-state index in [1.165, 1.54) is 12.8 Å². The zero-order valence-corrected chi connectivity index (χ0v) is 11.6. The van der Waals surface area contributed by atoms with E-state index >= 15 is 0 Å². The fourth-order valence-electron chi connectivity index (χ4n) is 1.99. The molecule has 1 heterocycles. The molecular weight excluding hydrogens is 198 g/mol. The van der Waals surface area contributed by atoms with Gasteiger partial charge in [0.2, 0.25) is 0 Å². The Labute approximate surface area is 99.4 Å². The van der Waals surface area contributed by atoms with Gasteiger partial charge >= 0.3 is 0 Å². The topological polar surface area (TPSA) is 26.0 Å². The van der Waals surface area contributed by atoms with Crippen molar-refractivity contribution >= 4 is 0 Å². The summed E-state index contributed by atoms with van der Waals surface area (Å²) in [6.07, 6.45) is 3.41. The van der Waals surface area contributed by atoms with Crippen LogP contribution >= 0.6 is 0 Å². The predicted molar refractivity (Wildman–Crippen MR) is 67.6 cm³/mol. The first-order valence-corrected chi connectivity index (χ1v) is 6.21. The third-order valence-corrected chi connectivity index (χ3v) is 2.91. The molecule has 2 nitrogen and oxygen atoms in total. The number of aromatic nitrogens is 1. The molecule has 0 radical (unpaired) electrons. The molecule has 1 rings (SSSR count). The van der Waals surface area contributed by atoms with Crippen LogP contribution in [0.1, 0.15) is 65.8 Å². The molecule has 0 amide bonds. The van der Waals surface area contributed by atoms with Crippen LogP contribution in [-0.4, -0.2) is 5.16 Å². The van der Waals surface area contributed by atoms with Crippen molar-refractivity contribution in [2.24, 2.45) is 5.41 Å². The lowest BCUT2D eigenvalue weighted by Gasteiger charge is -2.21. The van der Waals surface area contributed by atoms with Gasteiger partial charge in [-0.05, 0) is 11.8 Å². The van der Waals surface area contributed by atoms with Crippen molar-refractivity contribution in [2.45, 2.75) is 66.2 Å². The molecule has 2 heteroatoms. The molecule has 0 unspecified atom stereocenters. The number of hydrogen-bond acceptors (Lipinski definition) is 2. The molecule has 0 aliphatic heterocycles. The van der Waals surface area contributed by atoms with Crippen LogP contribution in [0.4, 0.5) is 0 Å². The van der Waals surface area contributed by atoms with Gasteiger partial charge < -0.3 is 4.52 Å². The molecule has 0 spiro atoms. The normalized spacial score (nSPS) is 13.1. The van der Waals surface area contributed by atoms with Gasteiger partial charge in [0.05, 0.1) is 5.69 Å². The first-order chi connectivity index (χ1) is 7.24. The van der Waals surface area contributed by atoms with Crippen LogP contribution in [0.5, 0.6) is 0 Å². The lowest BCUT2D eigenvalue weighted by Crippen LogP contribution is -2.14. The second-order valence-electron chi connectivity index (χ2n) is 6.52. The average Bonchev–Trinajstić information content (AvgIpc) is 2.50. The highest BCUT2D eigenvalue weighted by Gasteiger charge is 2.23. The molecule has 0 aliphatic rings. The Kier molecular flexibility index (Phi) is 3.82. The predicted octanol–water partition coefficient (Wildman–Crippen LogP) is 4.34. The Morgan fingerprint density at radius 2 is 1.81 bits per heavy atom. The van der Waals surface area contributed by atoms with E-state index in [2.05, 4.69) is 52.8 Å². The van der Waals surface area contributed by atoms with Crippen LogP contribution in [0.3, 0.4) is 0 Å². The van der Waals surface area contributed by atoms with Crippen LogP contribution in [-0.2, 0) is 11.8 Å². The fraction of sp³-hybridized carbons (Fsp3) is 0.786. The molecular formula is C14H25NO. The summed E-state index contributed by atoms with van der Waals surface area (Å²) in [5, 5.41) is 4.16. The van der Waals surface area contributed by atoms with Gasteiger partial charge in [-0.3, -0.25) is 0 Å². The van der Waals surface area contributed by atoms with Crippen molar-refractivity contribution in [3.63, 3.8) is 0 Å². The molecule has 92 valence electrons. The van der Waals surface area contributed by atoms with E-state index in [0.717, 1.165) is 17.9 Å². The van der Waals surface area contributed by atoms with Crippen LogP contribution in [0, 0.1) is 5.41 Å². The molecule has 0 fully saturated rings. The maximum Gasteiger partial charge on any atom is 0.137 e. The van der Waals surface area contributed by atoms with E-state index in [4.69, 9.17) is 4.52 Å².